The molecule has 0 amide bonds. The Morgan fingerprint density at radius 1 is 1.19 bits per heavy atom. The van der Waals surface area contributed by atoms with Crippen LogP contribution in [0.1, 0.15) is 24.5 Å². The van der Waals surface area contributed by atoms with Crippen LogP contribution in [0.2, 0.25) is 0 Å². The summed E-state index contributed by atoms with van der Waals surface area (Å²) in [6.07, 6.45) is 1.12. The first-order valence-corrected chi connectivity index (χ1v) is 7.82. The summed E-state index contributed by atoms with van der Waals surface area (Å²) in [5.41, 5.74) is 2.40. The average molecular weight is 352 g/mol. The molecule has 0 saturated carbocycles. The van der Waals surface area contributed by atoms with E-state index in [9.17, 15) is 4.39 Å². The molecule has 2 rings (SSSR count). The highest BCUT2D eigenvalue weighted by molar-refractivity contribution is 9.10. The molecule has 0 aliphatic rings. The Balaban J connectivity index is 2.11. The molecule has 0 heterocycles. The van der Waals surface area contributed by atoms with E-state index in [0.29, 0.717) is 11.5 Å². The van der Waals surface area contributed by atoms with Crippen LogP contribution in [0.5, 0.6) is 11.5 Å². The van der Waals surface area contributed by atoms with Crippen molar-refractivity contribution >= 4 is 15.9 Å². The molecule has 112 valence electrons. The summed E-state index contributed by atoms with van der Waals surface area (Å²) in [7, 11) is 0. The average Bonchev–Trinajstić information content (AvgIpc) is 2.45. The minimum Gasteiger partial charge on any atom is -0.456 e. The van der Waals surface area contributed by atoms with E-state index in [1.165, 1.54) is 17.7 Å². The molecule has 2 nitrogen and oxygen atoms in total. The molecule has 21 heavy (non-hydrogen) atoms. The first-order valence-electron chi connectivity index (χ1n) is 7.03. The lowest BCUT2D eigenvalue weighted by Gasteiger charge is -2.11. The van der Waals surface area contributed by atoms with Crippen molar-refractivity contribution in [3.63, 3.8) is 0 Å². The first kappa shape index (κ1) is 16.0. The topological polar surface area (TPSA) is 21.3 Å². The summed E-state index contributed by atoms with van der Waals surface area (Å²) in [5.74, 6) is 0.870. The molecule has 0 radical (unpaired) electrons. The normalized spacial score (nSPS) is 10.7. The monoisotopic (exact) mass is 351 g/mol. The van der Waals surface area contributed by atoms with Gasteiger partial charge in [-0.1, -0.05) is 13.0 Å². The molecule has 1 N–H and O–H groups in total. The number of ether oxygens (including phenoxy) is 1. The Labute approximate surface area is 133 Å². The van der Waals surface area contributed by atoms with Gasteiger partial charge in [0.2, 0.25) is 0 Å². The van der Waals surface area contributed by atoms with E-state index in [2.05, 4.69) is 35.1 Å². The fourth-order valence-electron chi connectivity index (χ4n) is 2.01. The zero-order valence-electron chi connectivity index (χ0n) is 12.2. The summed E-state index contributed by atoms with van der Waals surface area (Å²) >= 11 is 3.36. The lowest BCUT2D eigenvalue weighted by atomic mass is 10.1. The fraction of sp³-hybridized carbons (Fsp3) is 0.294. The summed E-state index contributed by atoms with van der Waals surface area (Å²) in [6, 6.07) is 10.3. The third kappa shape index (κ3) is 4.55. The van der Waals surface area contributed by atoms with Crippen LogP contribution in [-0.4, -0.2) is 6.54 Å². The maximum Gasteiger partial charge on any atom is 0.144 e. The van der Waals surface area contributed by atoms with Gasteiger partial charge in [0.05, 0.1) is 4.47 Å². The largest absolute Gasteiger partial charge is 0.456 e. The van der Waals surface area contributed by atoms with Crippen molar-refractivity contribution in [2.24, 2.45) is 0 Å². The van der Waals surface area contributed by atoms with Crippen molar-refractivity contribution in [2.45, 2.75) is 26.8 Å². The van der Waals surface area contributed by atoms with Gasteiger partial charge >= 0.3 is 0 Å². The highest BCUT2D eigenvalue weighted by Gasteiger charge is 2.06. The van der Waals surface area contributed by atoms with Gasteiger partial charge < -0.3 is 10.1 Å². The fourth-order valence-corrected chi connectivity index (χ4v) is 2.34. The third-order valence-corrected chi connectivity index (χ3v) is 3.83. The van der Waals surface area contributed by atoms with Crippen LogP contribution >= 0.6 is 15.9 Å². The zero-order valence-corrected chi connectivity index (χ0v) is 13.8. The van der Waals surface area contributed by atoms with E-state index in [1.54, 1.807) is 6.07 Å². The van der Waals surface area contributed by atoms with Crippen LogP contribution in [0.3, 0.4) is 0 Å². The Kier molecular flexibility index (Phi) is 5.76. The molecule has 0 unspecified atom stereocenters. The van der Waals surface area contributed by atoms with Crippen molar-refractivity contribution in [1.82, 2.24) is 5.32 Å². The molecule has 2 aromatic rings. The second-order valence-electron chi connectivity index (χ2n) is 4.94. The van der Waals surface area contributed by atoms with Gasteiger partial charge in [-0.15, -0.1) is 0 Å². The summed E-state index contributed by atoms with van der Waals surface area (Å²) in [6.45, 7) is 6.06. The number of halogens is 2. The molecular weight excluding hydrogens is 333 g/mol. The highest BCUT2D eigenvalue weighted by atomic mass is 79.9. The van der Waals surface area contributed by atoms with Gasteiger partial charge in [0.15, 0.2) is 0 Å². The molecule has 2 aromatic carbocycles. The first-order chi connectivity index (χ1) is 10.1. The molecule has 0 atom stereocenters. The molecule has 0 bridgehead atoms. The second kappa shape index (κ2) is 7.57. The standard InChI is InChI=1S/C17H19BrFNO/c1-3-8-20-11-13-4-6-15(9-12(13)2)21-17-10-14(19)5-7-16(17)18/h4-7,9-10,20H,3,8,11H2,1-2H3. The van der Waals surface area contributed by atoms with Crippen molar-refractivity contribution in [3.8, 4) is 11.5 Å². The molecule has 0 aromatic heterocycles. The van der Waals surface area contributed by atoms with Crippen molar-refractivity contribution in [3.05, 3.63) is 57.8 Å². The van der Waals surface area contributed by atoms with Crippen LogP contribution in [-0.2, 0) is 6.54 Å². The van der Waals surface area contributed by atoms with Gasteiger partial charge in [-0.25, -0.2) is 4.39 Å². The molecule has 4 heteroatoms. The molecule has 0 aliphatic heterocycles. The van der Waals surface area contributed by atoms with Gasteiger partial charge in [0.1, 0.15) is 17.3 Å². The number of hydrogen-bond donors (Lipinski definition) is 1. The van der Waals surface area contributed by atoms with Crippen molar-refractivity contribution < 1.29 is 9.13 Å². The summed E-state index contributed by atoms with van der Waals surface area (Å²) in [4.78, 5) is 0. The minimum atomic E-state index is -0.315. The smallest absolute Gasteiger partial charge is 0.144 e. The van der Waals surface area contributed by atoms with Gasteiger partial charge in [-0.3, -0.25) is 0 Å². The van der Waals surface area contributed by atoms with Gasteiger partial charge in [-0.2, -0.15) is 0 Å². The van der Waals surface area contributed by atoms with Crippen LogP contribution in [0, 0.1) is 12.7 Å². The van der Waals surface area contributed by atoms with Gasteiger partial charge in [-0.05, 0) is 71.2 Å². The number of nitrogens with one attached hydrogen (secondary N) is 1. The lowest BCUT2D eigenvalue weighted by molar-refractivity contribution is 0.473. The Bertz CT molecular complexity index is 616. The maximum absolute atomic E-state index is 13.3. The predicted octanol–water partition coefficient (Wildman–Crippen LogP) is 5.19. The molecule has 0 fully saturated rings. The zero-order chi connectivity index (χ0) is 15.2. The SMILES string of the molecule is CCCNCc1ccc(Oc2cc(F)ccc2Br)cc1C. The van der Waals surface area contributed by atoms with Gasteiger partial charge in [0.25, 0.3) is 0 Å². The van der Waals surface area contributed by atoms with E-state index in [0.717, 1.165) is 29.5 Å². The molecule has 0 aliphatic carbocycles. The van der Waals surface area contributed by atoms with E-state index < -0.39 is 0 Å². The van der Waals surface area contributed by atoms with E-state index in [-0.39, 0.29) is 5.82 Å². The Morgan fingerprint density at radius 2 is 2.00 bits per heavy atom. The summed E-state index contributed by atoms with van der Waals surface area (Å²) < 4.78 is 19.7. The second-order valence-corrected chi connectivity index (χ2v) is 5.80. The highest BCUT2D eigenvalue weighted by Crippen LogP contribution is 2.31. The number of aryl methyl sites for hydroxylation is 1. The quantitative estimate of drug-likeness (QED) is 0.723. The minimum absolute atomic E-state index is 0.315. The molecule has 0 saturated heterocycles. The van der Waals surface area contributed by atoms with Crippen LogP contribution < -0.4 is 10.1 Å². The van der Waals surface area contributed by atoms with E-state index >= 15 is 0 Å². The van der Waals surface area contributed by atoms with Crippen LogP contribution in [0.4, 0.5) is 4.39 Å². The van der Waals surface area contributed by atoms with E-state index in [4.69, 9.17) is 4.74 Å². The van der Waals surface area contributed by atoms with E-state index in [1.807, 2.05) is 18.2 Å². The number of hydrogen-bond acceptors (Lipinski definition) is 2. The Hall–Kier alpha value is -1.39. The lowest BCUT2D eigenvalue weighted by Crippen LogP contribution is -2.14. The van der Waals surface area contributed by atoms with Crippen LogP contribution in [0.25, 0.3) is 0 Å². The molecule has 0 spiro atoms. The Morgan fingerprint density at radius 3 is 2.71 bits per heavy atom. The number of benzene rings is 2. The molecular formula is C17H19BrFNO. The predicted molar refractivity (Wildman–Crippen MR) is 87.4 cm³/mol. The van der Waals surface area contributed by atoms with Gasteiger partial charge in [0, 0.05) is 12.6 Å². The van der Waals surface area contributed by atoms with Crippen LogP contribution in [0.15, 0.2) is 40.9 Å². The number of rotatable bonds is 6. The van der Waals surface area contributed by atoms with Crippen molar-refractivity contribution in [1.29, 1.82) is 0 Å². The summed E-state index contributed by atoms with van der Waals surface area (Å²) in [5, 5.41) is 3.38. The maximum atomic E-state index is 13.3. The van der Waals surface area contributed by atoms with Crippen molar-refractivity contribution in [2.75, 3.05) is 6.54 Å². The third-order valence-electron chi connectivity index (χ3n) is 3.18.